The average Bonchev–Trinajstić information content (AvgIpc) is 3.24. The van der Waals surface area contributed by atoms with Crippen molar-refractivity contribution in [2.75, 3.05) is 31.1 Å². The molecule has 7 nitrogen and oxygen atoms in total. The van der Waals surface area contributed by atoms with Crippen molar-refractivity contribution in [1.82, 2.24) is 20.3 Å². The summed E-state index contributed by atoms with van der Waals surface area (Å²) in [5, 5.41) is 3.10. The third-order valence-corrected chi connectivity index (χ3v) is 5.23. The summed E-state index contributed by atoms with van der Waals surface area (Å²) < 4.78 is 5.83. The molecular formula is C22H31N5O2. The van der Waals surface area contributed by atoms with Crippen molar-refractivity contribution in [1.29, 1.82) is 0 Å². The zero-order valence-electron chi connectivity index (χ0n) is 17.5. The number of nitrogens with zero attached hydrogens (tertiary/aromatic N) is 4. The summed E-state index contributed by atoms with van der Waals surface area (Å²) in [5.74, 6) is 1.15. The third-order valence-electron chi connectivity index (χ3n) is 5.23. The van der Waals surface area contributed by atoms with Crippen molar-refractivity contribution < 1.29 is 9.53 Å². The lowest BCUT2D eigenvalue weighted by atomic mass is 9.95. The highest BCUT2D eigenvalue weighted by atomic mass is 16.5. The van der Waals surface area contributed by atoms with Crippen LogP contribution in [0.2, 0.25) is 0 Å². The Morgan fingerprint density at radius 2 is 2.07 bits per heavy atom. The lowest BCUT2D eigenvalue weighted by molar-refractivity contribution is -0.126. The van der Waals surface area contributed by atoms with E-state index in [0.29, 0.717) is 25.6 Å². The summed E-state index contributed by atoms with van der Waals surface area (Å²) in [4.78, 5) is 27.8. The van der Waals surface area contributed by atoms with E-state index >= 15 is 0 Å². The molecule has 0 bridgehead atoms. The smallest absolute Gasteiger partial charge is 0.226 e. The molecule has 1 N–H and O–H groups in total. The van der Waals surface area contributed by atoms with Gasteiger partial charge in [0.15, 0.2) is 0 Å². The molecule has 156 valence electrons. The Hall–Kier alpha value is -2.54. The van der Waals surface area contributed by atoms with Gasteiger partial charge in [-0.2, -0.15) is 0 Å². The SMILES string of the molecule is CCCN(CCNC(=O)[C@@H]1CCO[C@H]1c1ccncc1)c1cc(C(C)C)ncn1. The van der Waals surface area contributed by atoms with E-state index < -0.39 is 0 Å². The second kappa shape index (κ2) is 10.3. The molecular weight excluding hydrogens is 366 g/mol. The number of pyridine rings is 1. The molecule has 0 spiro atoms. The largest absolute Gasteiger partial charge is 0.373 e. The molecule has 0 radical (unpaired) electrons. The molecule has 29 heavy (non-hydrogen) atoms. The van der Waals surface area contributed by atoms with Crippen LogP contribution in [0.4, 0.5) is 5.82 Å². The number of carbonyl (C=O) groups is 1. The Morgan fingerprint density at radius 3 is 2.79 bits per heavy atom. The molecule has 3 heterocycles. The van der Waals surface area contributed by atoms with Gasteiger partial charge < -0.3 is 15.0 Å². The number of anilines is 1. The Balaban J connectivity index is 1.58. The standard InChI is InChI=1S/C22H31N5O2/c1-4-11-27(20-14-19(16(2)3)25-15-26-20)12-10-24-22(28)18-7-13-29-21(18)17-5-8-23-9-6-17/h5-6,8-9,14-16,18,21H,4,7,10-13H2,1-3H3,(H,24,28)/t18-,21+/m1/s1. The fraction of sp³-hybridized carbons (Fsp3) is 0.545. The van der Waals surface area contributed by atoms with Gasteiger partial charge in [-0.15, -0.1) is 0 Å². The second-order valence-electron chi connectivity index (χ2n) is 7.70. The molecule has 1 aliphatic rings. The number of aromatic nitrogens is 3. The molecule has 2 atom stereocenters. The van der Waals surface area contributed by atoms with E-state index in [1.807, 2.05) is 18.2 Å². The first-order valence-electron chi connectivity index (χ1n) is 10.5. The van der Waals surface area contributed by atoms with E-state index in [0.717, 1.165) is 36.5 Å². The highest BCUT2D eigenvalue weighted by molar-refractivity contribution is 5.79. The minimum atomic E-state index is -0.194. The zero-order chi connectivity index (χ0) is 20.6. The van der Waals surface area contributed by atoms with Gasteiger partial charge in [0.25, 0.3) is 0 Å². The van der Waals surface area contributed by atoms with E-state index in [-0.39, 0.29) is 17.9 Å². The van der Waals surface area contributed by atoms with Crippen LogP contribution in [0.15, 0.2) is 36.9 Å². The van der Waals surface area contributed by atoms with Gasteiger partial charge in [-0.05, 0) is 36.5 Å². The Bertz CT molecular complexity index is 784. The number of carbonyl (C=O) groups excluding carboxylic acids is 1. The van der Waals surface area contributed by atoms with E-state index in [2.05, 4.69) is 45.9 Å². The number of rotatable bonds is 9. The predicted molar refractivity (Wildman–Crippen MR) is 113 cm³/mol. The van der Waals surface area contributed by atoms with Crippen LogP contribution >= 0.6 is 0 Å². The molecule has 7 heteroatoms. The van der Waals surface area contributed by atoms with Crippen LogP contribution in [-0.2, 0) is 9.53 Å². The maximum absolute atomic E-state index is 12.8. The molecule has 3 rings (SSSR count). The highest BCUT2D eigenvalue weighted by Gasteiger charge is 2.35. The maximum Gasteiger partial charge on any atom is 0.226 e. The molecule has 0 aromatic carbocycles. The Labute approximate surface area is 172 Å². The summed E-state index contributed by atoms with van der Waals surface area (Å²) >= 11 is 0. The van der Waals surface area contributed by atoms with Gasteiger partial charge >= 0.3 is 0 Å². The molecule has 2 aromatic rings. The summed E-state index contributed by atoms with van der Waals surface area (Å²) in [5.41, 5.74) is 2.04. The Kier molecular flexibility index (Phi) is 7.52. The second-order valence-corrected chi connectivity index (χ2v) is 7.70. The first-order chi connectivity index (χ1) is 14.1. The number of amides is 1. The van der Waals surface area contributed by atoms with Crippen LogP contribution in [0.1, 0.15) is 56.9 Å². The third kappa shape index (κ3) is 5.50. The number of ether oxygens (including phenoxy) is 1. The van der Waals surface area contributed by atoms with Gasteiger partial charge in [-0.25, -0.2) is 9.97 Å². The number of hydrogen-bond acceptors (Lipinski definition) is 6. The zero-order valence-corrected chi connectivity index (χ0v) is 17.5. The average molecular weight is 398 g/mol. The molecule has 2 aromatic heterocycles. The molecule has 0 unspecified atom stereocenters. The van der Waals surface area contributed by atoms with Crippen LogP contribution in [0, 0.1) is 5.92 Å². The van der Waals surface area contributed by atoms with Crippen LogP contribution in [-0.4, -0.2) is 47.1 Å². The summed E-state index contributed by atoms with van der Waals surface area (Å²) in [6.07, 6.45) is 6.65. The van der Waals surface area contributed by atoms with Crippen molar-refractivity contribution in [3.05, 3.63) is 48.2 Å². The summed E-state index contributed by atoms with van der Waals surface area (Å²) in [6, 6.07) is 5.88. The normalized spacial score (nSPS) is 18.8. The van der Waals surface area contributed by atoms with Crippen molar-refractivity contribution in [3.8, 4) is 0 Å². The van der Waals surface area contributed by atoms with Crippen LogP contribution < -0.4 is 10.2 Å². The Morgan fingerprint density at radius 1 is 1.28 bits per heavy atom. The van der Waals surface area contributed by atoms with Crippen molar-refractivity contribution in [3.63, 3.8) is 0 Å². The lowest BCUT2D eigenvalue weighted by Gasteiger charge is -2.25. The van der Waals surface area contributed by atoms with Gasteiger partial charge in [-0.1, -0.05) is 20.8 Å². The van der Waals surface area contributed by atoms with E-state index in [1.165, 1.54) is 0 Å². The topological polar surface area (TPSA) is 80.2 Å². The monoisotopic (exact) mass is 397 g/mol. The van der Waals surface area contributed by atoms with Crippen molar-refractivity contribution in [2.24, 2.45) is 5.92 Å². The van der Waals surface area contributed by atoms with Crippen LogP contribution in [0.5, 0.6) is 0 Å². The lowest BCUT2D eigenvalue weighted by Crippen LogP contribution is -2.39. The van der Waals surface area contributed by atoms with Crippen molar-refractivity contribution >= 4 is 11.7 Å². The summed E-state index contributed by atoms with van der Waals surface area (Å²) in [7, 11) is 0. The molecule has 0 saturated carbocycles. The van der Waals surface area contributed by atoms with Crippen LogP contribution in [0.25, 0.3) is 0 Å². The molecule has 1 aliphatic heterocycles. The first kappa shape index (κ1) is 21.2. The summed E-state index contributed by atoms with van der Waals surface area (Å²) in [6.45, 7) is 9.16. The highest BCUT2D eigenvalue weighted by Crippen LogP contribution is 2.34. The fourth-order valence-corrected chi connectivity index (χ4v) is 3.65. The van der Waals surface area contributed by atoms with Gasteiger partial charge in [0.2, 0.25) is 5.91 Å². The van der Waals surface area contributed by atoms with Gasteiger partial charge in [0.1, 0.15) is 12.1 Å². The first-order valence-corrected chi connectivity index (χ1v) is 10.5. The quantitative estimate of drug-likeness (QED) is 0.700. The van der Waals surface area contributed by atoms with Crippen LogP contribution in [0.3, 0.4) is 0 Å². The maximum atomic E-state index is 12.8. The van der Waals surface area contributed by atoms with E-state index in [1.54, 1.807) is 18.7 Å². The van der Waals surface area contributed by atoms with E-state index in [9.17, 15) is 4.79 Å². The van der Waals surface area contributed by atoms with Gasteiger partial charge in [0, 0.05) is 50.4 Å². The van der Waals surface area contributed by atoms with E-state index in [4.69, 9.17) is 4.74 Å². The number of hydrogen-bond donors (Lipinski definition) is 1. The van der Waals surface area contributed by atoms with Crippen molar-refractivity contribution in [2.45, 2.75) is 45.6 Å². The molecule has 1 fully saturated rings. The number of nitrogens with one attached hydrogen (secondary N) is 1. The predicted octanol–water partition coefficient (Wildman–Crippen LogP) is 3.11. The minimum Gasteiger partial charge on any atom is -0.373 e. The fourth-order valence-electron chi connectivity index (χ4n) is 3.65. The molecule has 1 saturated heterocycles. The molecule has 0 aliphatic carbocycles. The van der Waals surface area contributed by atoms with Gasteiger partial charge in [-0.3, -0.25) is 9.78 Å². The minimum absolute atomic E-state index is 0.0475. The molecule has 1 amide bonds. The van der Waals surface area contributed by atoms with Gasteiger partial charge in [0.05, 0.1) is 12.0 Å².